The van der Waals surface area contributed by atoms with Crippen LogP contribution in [0.1, 0.15) is 61.8 Å². The summed E-state index contributed by atoms with van der Waals surface area (Å²) >= 11 is 6.09. The summed E-state index contributed by atoms with van der Waals surface area (Å²) < 4.78 is 8.67. The predicted molar refractivity (Wildman–Crippen MR) is 141 cm³/mol. The number of hydrogen-bond donors (Lipinski definition) is 1. The standard InChI is InChI=1S/C27H33ClN4O4/c1-7-36-22-12-11-19(28)15-20(22)21(33)13-14-27(4,5)16-24(34)30-25-18(3)31(6)32(26(25)35)23-10-8-9-17(2)29-23/h8-12,15H,7,13-14,16H2,1-6H3,(H,30,34). The Morgan fingerprint density at radius 1 is 1.17 bits per heavy atom. The molecule has 0 saturated heterocycles. The lowest BCUT2D eigenvalue weighted by molar-refractivity contribution is -0.118. The van der Waals surface area contributed by atoms with E-state index in [-0.39, 0.29) is 35.8 Å². The number of aromatic nitrogens is 3. The zero-order valence-corrected chi connectivity index (χ0v) is 22.4. The number of rotatable bonds is 10. The number of Topliss-reactive ketones (excluding diaryl/α,β-unsaturated/α-hetero) is 1. The SMILES string of the molecule is CCOc1ccc(Cl)cc1C(=O)CCC(C)(C)CC(=O)Nc1c(C)n(C)n(-c2cccc(C)n2)c1=O. The molecule has 0 aliphatic rings. The van der Waals surface area contributed by atoms with Gasteiger partial charge in [0.2, 0.25) is 5.91 Å². The molecule has 0 atom stereocenters. The van der Waals surface area contributed by atoms with Gasteiger partial charge in [0.25, 0.3) is 5.56 Å². The van der Waals surface area contributed by atoms with Gasteiger partial charge in [0.1, 0.15) is 11.4 Å². The van der Waals surface area contributed by atoms with Crippen molar-refractivity contribution in [3.8, 4) is 11.6 Å². The van der Waals surface area contributed by atoms with Crippen LogP contribution < -0.4 is 15.6 Å². The second-order valence-electron chi connectivity index (χ2n) is 9.62. The predicted octanol–water partition coefficient (Wildman–Crippen LogP) is 5.26. The fraction of sp³-hybridized carbons (Fsp3) is 0.407. The summed E-state index contributed by atoms with van der Waals surface area (Å²) in [5.74, 6) is 0.598. The van der Waals surface area contributed by atoms with Gasteiger partial charge in [0, 0.05) is 30.6 Å². The van der Waals surface area contributed by atoms with E-state index < -0.39 is 5.41 Å². The molecule has 0 bridgehead atoms. The van der Waals surface area contributed by atoms with Crippen molar-refractivity contribution in [3.63, 3.8) is 0 Å². The van der Waals surface area contributed by atoms with Crippen molar-refractivity contribution in [3.05, 3.63) is 68.7 Å². The fourth-order valence-corrected chi connectivity index (χ4v) is 4.22. The Morgan fingerprint density at radius 2 is 1.89 bits per heavy atom. The van der Waals surface area contributed by atoms with Gasteiger partial charge in [0.05, 0.1) is 17.9 Å². The lowest BCUT2D eigenvalue weighted by Gasteiger charge is -2.23. The normalized spacial score (nSPS) is 11.4. The molecule has 0 spiro atoms. The molecule has 0 fully saturated rings. The number of carbonyl (C=O) groups is 2. The molecule has 9 heteroatoms. The number of amides is 1. The Bertz CT molecular complexity index is 1340. The van der Waals surface area contributed by atoms with Crippen molar-refractivity contribution < 1.29 is 14.3 Å². The maximum Gasteiger partial charge on any atom is 0.296 e. The quantitative estimate of drug-likeness (QED) is 0.374. The Hall–Kier alpha value is -3.39. The van der Waals surface area contributed by atoms with Gasteiger partial charge in [-0.3, -0.25) is 19.1 Å². The third-order valence-corrected chi connectivity index (χ3v) is 6.35. The fourth-order valence-electron chi connectivity index (χ4n) is 4.05. The molecule has 192 valence electrons. The molecule has 3 rings (SSSR count). The number of aryl methyl sites for hydroxylation is 1. The number of nitrogens with zero attached hydrogens (tertiary/aromatic N) is 3. The number of anilines is 1. The third kappa shape index (κ3) is 6.23. The topological polar surface area (TPSA) is 95.2 Å². The van der Waals surface area contributed by atoms with Crippen LogP contribution in [-0.2, 0) is 11.8 Å². The Morgan fingerprint density at radius 3 is 2.56 bits per heavy atom. The van der Waals surface area contributed by atoms with Crippen LogP contribution in [0.5, 0.6) is 5.75 Å². The van der Waals surface area contributed by atoms with E-state index in [2.05, 4.69) is 10.3 Å². The number of benzene rings is 1. The van der Waals surface area contributed by atoms with E-state index in [1.165, 1.54) is 4.68 Å². The summed E-state index contributed by atoms with van der Waals surface area (Å²) in [6, 6.07) is 10.4. The van der Waals surface area contributed by atoms with E-state index in [4.69, 9.17) is 16.3 Å². The number of carbonyl (C=O) groups excluding carboxylic acids is 2. The summed E-state index contributed by atoms with van der Waals surface area (Å²) in [6.45, 7) is 9.76. The van der Waals surface area contributed by atoms with Crippen molar-refractivity contribution in [2.24, 2.45) is 12.5 Å². The van der Waals surface area contributed by atoms with Crippen LogP contribution in [0.2, 0.25) is 5.02 Å². The Kier molecular flexibility index (Phi) is 8.40. The zero-order chi connectivity index (χ0) is 26.6. The first-order valence-electron chi connectivity index (χ1n) is 11.9. The molecular formula is C27H33ClN4O4. The van der Waals surface area contributed by atoms with Crippen LogP contribution in [0.25, 0.3) is 5.82 Å². The summed E-state index contributed by atoms with van der Waals surface area (Å²) in [6.07, 6.45) is 0.851. The smallest absolute Gasteiger partial charge is 0.296 e. The lowest BCUT2D eigenvalue weighted by atomic mass is 9.82. The molecule has 2 heterocycles. The lowest BCUT2D eigenvalue weighted by Crippen LogP contribution is -2.27. The molecule has 0 aliphatic heterocycles. The molecule has 0 radical (unpaired) electrons. The van der Waals surface area contributed by atoms with Gasteiger partial charge >= 0.3 is 0 Å². The Labute approximate surface area is 216 Å². The highest BCUT2D eigenvalue weighted by Crippen LogP contribution is 2.31. The van der Waals surface area contributed by atoms with E-state index in [9.17, 15) is 14.4 Å². The number of halogens is 1. The first-order chi connectivity index (χ1) is 16.9. The number of nitrogens with one attached hydrogen (secondary N) is 1. The largest absolute Gasteiger partial charge is 0.493 e. The highest BCUT2D eigenvalue weighted by molar-refractivity contribution is 6.31. The van der Waals surface area contributed by atoms with Crippen LogP contribution in [0.3, 0.4) is 0 Å². The third-order valence-electron chi connectivity index (χ3n) is 6.12. The van der Waals surface area contributed by atoms with Crippen LogP contribution in [0.4, 0.5) is 5.69 Å². The van der Waals surface area contributed by atoms with Gasteiger partial charge in [-0.25, -0.2) is 4.98 Å². The average molecular weight is 513 g/mol. The zero-order valence-electron chi connectivity index (χ0n) is 21.6. The molecule has 1 aromatic carbocycles. The average Bonchev–Trinajstić information content (AvgIpc) is 3.01. The van der Waals surface area contributed by atoms with Crippen molar-refractivity contribution in [1.29, 1.82) is 0 Å². The second-order valence-corrected chi connectivity index (χ2v) is 10.1. The Balaban J connectivity index is 1.70. The minimum absolute atomic E-state index is 0.0955. The summed E-state index contributed by atoms with van der Waals surface area (Å²) in [5, 5.41) is 3.25. The van der Waals surface area contributed by atoms with Crippen molar-refractivity contribution in [2.45, 2.75) is 53.9 Å². The second kappa shape index (κ2) is 11.1. The van der Waals surface area contributed by atoms with E-state index in [0.29, 0.717) is 40.9 Å². The van der Waals surface area contributed by atoms with Gasteiger partial charge in [-0.1, -0.05) is 31.5 Å². The number of ether oxygens (including phenoxy) is 1. The van der Waals surface area contributed by atoms with Gasteiger partial charge in [-0.05, 0) is 62.9 Å². The first kappa shape index (κ1) is 27.2. The van der Waals surface area contributed by atoms with Crippen LogP contribution >= 0.6 is 11.6 Å². The van der Waals surface area contributed by atoms with Crippen molar-refractivity contribution in [2.75, 3.05) is 11.9 Å². The molecule has 8 nitrogen and oxygen atoms in total. The van der Waals surface area contributed by atoms with Crippen molar-refractivity contribution in [1.82, 2.24) is 14.3 Å². The van der Waals surface area contributed by atoms with Crippen LogP contribution in [0, 0.1) is 19.3 Å². The highest BCUT2D eigenvalue weighted by atomic mass is 35.5. The summed E-state index contributed by atoms with van der Waals surface area (Å²) in [4.78, 5) is 43.4. The number of pyridine rings is 1. The minimum atomic E-state index is -0.482. The van der Waals surface area contributed by atoms with E-state index in [1.54, 1.807) is 42.9 Å². The maximum atomic E-state index is 13.1. The first-order valence-corrected chi connectivity index (χ1v) is 12.3. The van der Waals surface area contributed by atoms with Gasteiger partial charge in [-0.2, -0.15) is 4.68 Å². The molecule has 1 N–H and O–H groups in total. The van der Waals surface area contributed by atoms with Crippen molar-refractivity contribution >= 4 is 29.0 Å². The molecule has 0 unspecified atom stereocenters. The summed E-state index contributed by atoms with van der Waals surface area (Å²) in [5.41, 5.74) is 1.23. The molecule has 2 aromatic heterocycles. The molecule has 3 aromatic rings. The molecule has 36 heavy (non-hydrogen) atoms. The maximum absolute atomic E-state index is 13.1. The minimum Gasteiger partial charge on any atom is -0.493 e. The molecular weight excluding hydrogens is 480 g/mol. The van der Waals surface area contributed by atoms with Crippen LogP contribution in [-0.4, -0.2) is 32.6 Å². The monoisotopic (exact) mass is 512 g/mol. The van der Waals surface area contributed by atoms with E-state index >= 15 is 0 Å². The number of ketones is 1. The molecule has 0 aliphatic carbocycles. The van der Waals surface area contributed by atoms with E-state index in [0.717, 1.165) is 5.69 Å². The number of hydrogen-bond acceptors (Lipinski definition) is 5. The van der Waals surface area contributed by atoms with Gasteiger partial charge < -0.3 is 10.1 Å². The molecule has 0 saturated carbocycles. The highest BCUT2D eigenvalue weighted by Gasteiger charge is 2.26. The summed E-state index contributed by atoms with van der Waals surface area (Å²) in [7, 11) is 1.75. The molecule has 1 amide bonds. The van der Waals surface area contributed by atoms with Crippen LogP contribution in [0.15, 0.2) is 41.2 Å². The van der Waals surface area contributed by atoms with Gasteiger partial charge in [0.15, 0.2) is 11.6 Å². The van der Waals surface area contributed by atoms with E-state index in [1.807, 2.05) is 39.8 Å². The van der Waals surface area contributed by atoms with Gasteiger partial charge in [-0.15, -0.1) is 0 Å².